The number of hydrogen-bond acceptors (Lipinski definition) is 3. The van der Waals surface area contributed by atoms with Crippen molar-refractivity contribution in [3.63, 3.8) is 0 Å². The van der Waals surface area contributed by atoms with Crippen LogP contribution in [0.2, 0.25) is 0 Å². The molecule has 0 atom stereocenters. The standard InChI is InChI=1S/C22H21F3N2O3/c1-13(2)27-12-16(21(29)30)20(28)15-9-17(22(23,24)25)19(10-18(15)27)26(3)11-14-7-5-4-6-8-14/h4-10,12-13H,11H2,1-3H3,(H,29,30). The van der Waals surface area contributed by atoms with Gasteiger partial charge >= 0.3 is 12.1 Å². The van der Waals surface area contributed by atoms with Gasteiger partial charge in [0.25, 0.3) is 0 Å². The minimum absolute atomic E-state index is 0.0873. The number of alkyl halides is 3. The predicted molar refractivity (Wildman–Crippen MR) is 109 cm³/mol. The molecule has 0 amide bonds. The van der Waals surface area contributed by atoms with Crippen LogP contribution in [0.4, 0.5) is 18.9 Å². The van der Waals surface area contributed by atoms with E-state index in [1.54, 1.807) is 33.0 Å². The van der Waals surface area contributed by atoms with Gasteiger partial charge < -0.3 is 14.6 Å². The molecule has 2 aromatic carbocycles. The molecule has 3 aromatic rings. The Labute approximate surface area is 171 Å². The summed E-state index contributed by atoms with van der Waals surface area (Å²) in [6, 6.07) is 10.9. The van der Waals surface area contributed by atoms with Crippen LogP contribution in [-0.2, 0) is 12.7 Å². The minimum atomic E-state index is -4.72. The lowest BCUT2D eigenvalue weighted by Gasteiger charge is -2.26. The second-order valence-corrected chi connectivity index (χ2v) is 7.40. The van der Waals surface area contributed by atoms with Crippen molar-refractivity contribution in [3.8, 4) is 0 Å². The van der Waals surface area contributed by atoms with Crippen molar-refractivity contribution in [2.45, 2.75) is 32.6 Å². The molecule has 1 heterocycles. The summed E-state index contributed by atoms with van der Waals surface area (Å²) in [5, 5.41) is 9.05. The third-order valence-corrected chi connectivity index (χ3v) is 4.92. The van der Waals surface area contributed by atoms with Crippen molar-refractivity contribution in [3.05, 3.63) is 75.6 Å². The predicted octanol–water partition coefficient (Wildman–Crippen LogP) is 4.94. The molecule has 0 spiro atoms. The Kier molecular flexibility index (Phi) is 5.61. The molecule has 0 aliphatic heterocycles. The molecule has 1 N–H and O–H groups in total. The minimum Gasteiger partial charge on any atom is -0.477 e. The summed E-state index contributed by atoms with van der Waals surface area (Å²) >= 11 is 0. The Morgan fingerprint density at radius 1 is 1.17 bits per heavy atom. The maximum absolute atomic E-state index is 13.9. The van der Waals surface area contributed by atoms with Gasteiger partial charge in [-0.3, -0.25) is 4.79 Å². The van der Waals surface area contributed by atoms with Crippen LogP contribution in [0.3, 0.4) is 0 Å². The Bertz CT molecular complexity index is 1150. The molecular formula is C22H21F3N2O3. The van der Waals surface area contributed by atoms with E-state index < -0.39 is 28.7 Å². The zero-order valence-electron chi connectivity index (χ0n) is 16.7. The first-order valence-corrected chi connectivity index (χ1v) is 9.29. The first-order valence-electron chi connectivity index (χ1n) is 9.29. The molecular weight excluding hydrogens is 397 g/mol. The van der Waals surface area contributed by atoms with E-state index in [0.717, 1.165) is 11.6 Å². The quantitative estimate of drug-likeness (QED) is 0.638. The van der Waals surface area contributed by atoms with Crippen LogP contribution in [-0.4, -0.2) is 22.7 Å². The van der Waals surface area contributed by atoms with Crippen molar-refractivity contribution >= 4 is 22.6 Å². The third-order valence-electron chi connectivity index (χ3n) is 4.92. The van der Waals surface area contributed by atoms with Crippen LogP contribution in [0, 0.1) is 0 Å². The molecule has 3 rings (SSSR count). The second kappa shape index (κ2) is 7.85. The number of nitrogens with zero attached hydrogens (tertiary/aromatic N) is 2. The van der Waals surface area contributed by atoms with Gasteiger partial charge in [0.1, 0.15) is 5.56 Å². The number of carboxylic acid groups (broad SMARTS) is 1. The lowest BCUT2D eigenvalue weighted by molar-refractivity contribution is -0.137. The highest BCUT2D eigenvalue weighted by Gasteiger charge is 2.36. The zero-order valence-corrected chi connectivity index (χ0v) is 16.7. The van der Waals surface area contributed by atoms with Crippen LogP contribution < -0.4 is 10.3 Å². The average molecular weight is 418 g/mol. The molecule has 0 fully saturated rings. The van der Waals surface area contributed by atoms with Gasteiger partial charge in [0.2, 0.25) is 5.43 Å². The fourth-order valence-electron chi connectivity index (χ4n) is 3.45. The molecule has 0 radical (unpaired) electrons. The largest absolute Gasteiger partial charge is 0.477 e. The number of carbonyl (C=O) groups is 1. The number of pyridine rings is 1. The van der Waals surface area contributed by atoms with Gasteiger partial charge in [0.05, 0.1) is 16.8 Å². The Balaban J connectivity index is 2.31. The topological polar surface area (TPSA) is 62.5 Å². The van der Waals surface area contributed by atoms with Gasteiger partial charge in [0, 0.05) is 31.2 Å². The number of rotatable bonds is 5. The van der Waals surface area contributed by atoms with E-state index in [-0.39, 0.29) is 29.2 Å². The zero-order chi connectivity index (χ0) is 22.2. The number of hydrogen-bond donors (Lipinski definition) is 1. The Morgan fingerprint density at radius 3 is 2.33 bits per heavy atom. The lowest BCUT2D eigenvalue weighted by atomic mass is 10.0. The van der Waals surface area contributed by atoms with Gasteiger partial charge in [0.15, 0.2) is 0 Å². The van der Waals surface area contributed by atoms with Crippen molar-refractivity contribution < 1.29 is 23.1 Å². The summed E-state index contributed by atoms with van der Waals surface area (Å²) in [7, 11) is 1.55. The van der Waals surface area contributed by atoms with Gasteiger partial charge in [-0.25, -0.2) is 4.79 Å². The van der Waals surface area contributed by atoms with E-state index in [1.165, 1.54) is 21.7 Å². The van der Waals surface area contributed by atoms with Crippen molar-refractivity contribution in [1.29, 1.82) is 0 Å². The van der Waals surface area contributed by atoms with Crippen LogP contribution >= 0.6 is 0 Å². The number of benzene rings is 2. The lowest BCUT2D eigenvalue weighted by Crippen LogP contribution is -2.24. The summed E-state index contributed by atoms with van der Waals surface area (Å²) in [5.74, 6) is -1.48. The molecule has 0 bridgehead atoms. The monoisotopic (exact) mass is 418 g/mol. The smallest absolute Gasteiger partial charge is 0.418 e. The summed E-state index contributed by atoms with van der Waals surface area (Å²) in [6.07, 6.45) is -3.53. The van der Waals surface area contributed by atoms with Gasteiger partial charge in [-0.05, 0) is 31.5 Å². The van der Waals surface area contributed by atoms with Crippen molar-refractivity contribution in [1.82, 2.24) is 4.57 Å². The molecule has 30 heavy (non-hydrogen) atoms. The van der Waals surface area contributed by atoms with E-state index in [9.17, 15) is 27.9 Å². The Hall–Kier alpha value is -3.29. The SMILES string of the molecule is CC(C)n1cc(C(=O)O)c(=O)c2cc(C(F)(F)F)c(N(C)Cc3ccccc3)cc21. The van der Waals surface area contributed by atoms with E-state index in [0.29, 0.717) is 0 Å². The molecule has 0 saturated heterocycles. The fraction of sp³-hybridized carbons (Fsp3) is 0.273. The summed E-state index contributed by atoms with van der Waals surface area (Å²) in [6.45, 7) is 3.76. The van der Waals surface area contributed by atoms with Gasteiger partial charge in [-0.1, -0.05) is 30.3 Å². The number of carboxylic acids is 1. The number of aromatic nitrogens is 1. The maximum atomic E-state index is 13.9. The van der Waals surface area contributed by atoms with E-state index in [1.807, 2.05) is 18.2 Å². The number of halogens is 3. The van der Waals surface area contributed by atoms with Crippen molar-refractivity contribution in [2.75, 3.05) is 11.9 Å². The average Bonchev–Trinajstić information content (AvgIpc) is 2.67. The Morgan fingerprint density at radius 2 is 1.80 bits per heavy atom. The van der Waals surface area contributed by atoms with Gasteiger partial charge in [-0.2, -0.15) is 13.2 Å². The normalized spacial score (nSPS) is 11.8. The molecule has 0 unspecified atom stereocenters. The van der Waals surface area contributed by atoms with Crippen LogP contribution in [0.25, 0.3) is 10.9 Å². The molecule has 0 aliphatic rings. The molecule has 1 aromatic heterocycles. The highest BCUT2D eigenvalue weighted by Crippen LogP contribution is 2.39. The van der Waals surface area contributed by atoms with Crippen LogP contribution in [0.5, 0.6) is 0 Å². The van der Waals surface area contributed by atoms with Crippen LogP contribution in [0.15, 0.2) is 53.5 Å². The summed E-state index contributed by atoms with van der Waals surface area (Å²) < 4.78 is 43.1. The maximum Gasteiger partial charge on any atom is 0.418 e. The fourth-order valence-corrected chi connectivity index (χ4v) is 3.45. The molecule has 158 valence electrons. The summed E-state index contributed by atoms with van der Waals surface area (Å²) in [4.78, 5) is 25.5. The summed E-state index contributed by atoms with van der Waals surface area (Å²) in [5.41, 5.74) is -1.48. The van der Waals surface area contributed by atoms with Crippen LogP contribution in [0.1, 0.15) is 41.4 Å². The molecule has 0 aliphatic carbocycles. The molecule has 0 saturated carbocycles. The highest BCUT2D eigenvalue weighted by atomic mass is 19.4. The van der Waals surface area contributed by atoms with E-state index in [2.05, 4.69) is 0 Å². The van der Waals surface area contributed by atoms with E-state index in [4.69, 9.17) is 0 Å². The molecule has 5 nitrogen and oxygen atoms in total. The van der Waals surface area contributed by atoms with E-state index >= 15 is 0 Å². The first kappa shape index (κ1) is 21.4. The second-order valence-electron chi connectivity index (χ2n) is 7.40. The van der Waals surface area contributed by atoms with Crippen molar-refractivity contribution in [2.24, 2.45) is 0 Å². The third kappa shape index (κ3) is 4.03. The number of fused-ring (bicyclic) bond motifs is 1. The van der Waals surface area contributed by atoms with Gasteiger partial charge in [-0.15, -0.1) is 0 Å². The number of anilines is 1. The highest BCUT2D eigenvalue weighted by molar-refractivity contribution is 5.94. The first-order chi connectivity index (χ1) is 14.0. The number of aromatic carboxylic acids is 1. The molecule has 8 heteroatoms.